The molecule has 0 fully saturated rings. The Labute approximate surface area is 138 Å². The van der Waals surface area contributed by atoms with E-state index in [0.717, 1.165) is 22.0 Å². The second-order valence-corrected chi connectivity index (χ2v) is 5.49. The average Bonchev–Trinajstić information content (AvgIpc) is 3.05. The second kappa shape index (κ2) is 6.12. The van der Waals surface area contributed by atoms with Crippen LogP contribution >= 0.6 is 0 Å². The number of aromatic amines is 1. The number of anilines is 1. The van der Waals surface area contributed by atoms with E-state index in [1.165, 1.54) is 12.1 Å². The van der Waals surface area contributed by atoms with Crippen LogP contribution in [0.3, 0.4) is 0 Å². The lowest BCUT2D eigenvalue weighted by atomic mass is 9.98. The third-order valence-electron chi connectivity index (χ3n) is 3.97. The Kier molecular flexibility index (Phi) is 3.67. The summed E-state index contributed by atoms with van der Waals surface area (Å²) < 4.78 is 13.3. The largest absolute Gasteiger partial charge is 0.361 e. The van der Waals surface area contributed by atoms with E-state index in [2.05, 4.69) is 26.3 Å². The highest BCUT2D eigenvalue weighted by molar-refractivity contribution is 5.84. The van der Waals surface area contributed by atoms with E-state index >= 15 is 0 Å². The number of nitrogens with zero attached hydrogens (tertiary/aromatic N) is 2. The van der Waals surface area contributed by atoms with Gasteiger partial charge < -0.3 is 10.3 Å². The van der Waals surface area contributed by atoms with Crippen LogP contribution in [-0.2, 0) is 0 Å². The molecule has 2 aromatic carbocycles. The Bertz CT molecular complexity index is 948. The molecule has 118 valence electrons. The van der Waals surface area contributed by atoms with Crippen molar-refractivity contribution >= 4 is 16.9 Å². The number of nitrogens with one attached hydrogen (secondary N) is 2. The second-order valence-electron chi connectivity index (χ2n) is 5.49. The van der Waals surface area contributed by atoms with Crippen molar-refractivity contribution in [3.63, 3.8) is 0 Å². The van der Waals surface area contributed by atoms with Gasteiger partial charge in [0.1, 0.15) is 5.82 Å². The SMILES string of the molecule is Fc1ccc(C(Nc2ncccn2)c2c[nH]c3ccccc23)cc1. The zero-order valence-corrected chi connectivity index (χ0v) is 12.8. The minimum absolute atomic E-state index is 0.191. The summed E-state index contributed by atoms with van der Waals surface area (Å²) in [5.41, 5.74) is 3.05. The number of H-pyrrole nitrogens is 1. The maximum Gasteiger partial charge on any atom is 0.223 e. The van der Waals surface area contributed by atoms with Gasteiger partial charge in [-0.25, -0.2) is 14.4 Å². The van der Waals surface area contributed by atoms with Gasteiger partial charge >= 0.3 is 0 Å². The maximum atomic E-state index is 13.3. The number of aromatic nitrogens is 3. The Morgan fingerprint density at radius 1 is 0.917 bits per heavy atom. The van der Waals surface area contributed by atoms with Crippen molar-refractivity contribution in [3.8, 4) is 0 Å². The van der Waals surface area contributed by atoms with Crippen LogP contribution in [0.15, 0.2) is 73.2 Å². The van der Waals surface area contributed by atoms with Crippen LogP contribution in [0.1, 0.15) is 17.2 Å². The Balaban J connectivity index is 1.82. The summed E-state index contributed by atoms with van der Waals surface area (Å²) in [6, 6.07) is 16.1. The monoisotopic (exact) mass is 318 g/mol. The summed E-state index contributed by atoms with van der Waals surface area (Å²) in [5, 5.41) is 4.45. The summed E-state index contributed by atoms with van der Waals surface area (Å²) in [7, 11) is 0. The molecule has 4 rings (SSSR count). The Hall–Kier alpha value is -3.21. The van der Waals surface area contributed by atoms with E-state index < -0.39 is 0 Å². The van der Waals surface area contributed by atoms with Crippen LogP contribution in [0.4, 0.5) is 10.3 Å². The van der Waals surface area contributed by atoms with Gasteiger partial charge in [0.15, 0.2) is 0 Å². The van der Waals surface area contributed by atoms with E-state index in [1.54, 1.807) is 30.6 Å². The topological polar surface area (TPSA) is 53.6 Å². The molecule has 1 unspecified atom stereocenters. The fourth-order valence-corrected chi connectivity index (χ4v) is 2.83. The smallest absolute Gasteiger partial charge is 0.223 e. The van der Waals surface area contributed by atoms with Gasteiger partial charge in [-0.15, -0.1) is 0 Å². The number of hydrogen-bond acceptors (Lipinski definition) is 3. The molecular weight excluding hydrogens is 303 g/mol. The van der Waals surface area contributed by atoms with Crippen molar-refractivity contribution in [1.29, 1.82) is 0 Å². The lowest BCUT2D eigenvalue weighted by Crippen LogP contribution is -2.14. The number of fused-ring (bicyclic) bond motifs is 1. The molecule has 0 bridgehead atoms. The molecule has 2 heterocycles. The highest BCUT2D eigenvalue weighted by Crippen LogP contribution is 2.31. The molecule has 0 aliphatic rings. The van der Waals surface area contributed by atoms with E-state index in [1.807, 2.05) is 24.4 Å². The third kappa shape index (κ3) is 2.72. The van der Waals surface area contributed by atoms with Crippen LogP contribution < -0.4 is 5.32 Å². The quantitative estimate of drug-likeness (QED) is 0.590. The van der Waals surface area contributed by atoms with Crippen molar-refractivity contribution in [2.45, 2.75) is 6.04 Å². The van der Waals surface area contributed by atoms with Gasteiger partial charge in [-0.2, -0.15) is 0 Å². The summed E-state index contributed by atoms with van der Waals surface area (Å²) in [5.74, 6) is 0.268. The Morgan fingerprint density at radius 3 is 2.46 bits per heavy atom. The van der Waals surface area contributed by atoms with Gasteiger partial charge in [0.2, 0.25) is 5.95 Å². The highest BCUT2D eigenvalue weighted by atomic mass is 19.1. The highest BCUT2D eigenvalue weighted by Gasteiger charge is 2.19. The first kappa shape index (κ1) is 14.4. The molecule has 0 aliphatic carbocycles. The zero-order valence-electron chi connectivity index (χ0n) is 12.8. The van der Waals surface area contributed by atoms with Crippen LogP contribution in [0.25, 0.3) is 10.9 Å². The molecule has 1 atom stereocenters. The van der Waals surface area contributed by atoms with Gasteiger partial charge in [0.25, 0.3) is 0 Å². The molecular formula is C19H15FN4. The fourth-order valence-electron chi connectivity index (χ4n) is 2.83. The van der Waals surface area contributed by atoms with Gasteiger partial charge in [-0.3, -0.25) is 0 Å². The summed E-state index contributed by atoms with van der Waals surface area (Å²) >= 11 is 0. The minimum atomic E-state index is -0.257. The third-order valence-corrected chi connectivity index (χ3v) is 3.97. The summed E-state index contributed by atoms with van der Waals surface area (Å²) in [6.07, 6.45) is 5.34. The zero-order chi connectivity index (χ0) is 16.4. The van der Waals surface area contributed by atoms with Gasteiger partial charge in [0.05, 0.1) is 6.04 Å². The average molecular weight is 318 g/mol. The lowest BCUT2D eigenvalue weighted by Gasteiger charge is -2.19. The summed E-state index contributed by atoms with van der Waals surface area (Å²) in [4.78, 5) is 11.8. The number of para-hydroxylation sites is 1. The number of hydrogen-bond donors (Lipinski definition) is 2. The maximum absolute atomic E-state index is 13.3. The van der Waals surface area contributed by atoms with Gasteiger partial charge in [-0.1, -0.05) is 30.3 Å². The molecule has 5 heteroatoms. The number of halogens is 1. The molecule has 0 radical (unpaired) electrons. The first-order chi connectivity index (χ1) is 11.8. The van der Waals surface area contributed by atoms with Crippen molar-refractivity contribution < 1.29 is 4.39 Å². The molecule has 0 saturated heterocycles. The first-order valence-corrected chi connectivity index (χ1v) is 7.66. The molecule has 2 N–H and O–H groups in total. The van der Waals surface area contributed by atoms with Crippen LogP contribution in [0.2, 0.25) is 0 Å². The Morgan fingerprint density at radius 2 is 1.67 bits per heavy atom. The normalized spacial score (nSPS) is 12.2. The molecule has 4 nitrogen and oxygen atoms in total. The fraction of sp³-hybridized carbons (Fsp3) is 0.0526. The molecule has 0 saturated carbocycles. The predicted octanol–water partition coefficient (Wildman–Crippen LogP) is 4.30. The van der Waals surface area contributed by atoms with E-state index in [0.29, 0.717) is 5.95 Å². The van der Waals surface area contributed by atoms with E-state index in [4.69, 9.17) is 0 Å². The predicted molar refractivity (Wildman–Crippen MR) is 92.2 cm³/mol. The lowest BCUT2D eigenvalue weighted by molar-refractivity contribution is 0.626. The first-order valence-electron chi connectivity index (χ1n) is 7.66. The van der Waals surface area contributed by atoms with Crippen LogP contribution in [-0.4, -0.2) is 15.0 Å². The van der Waals surface area contributed by atoms with Crippen LogP contribution in [0, 0.1) is 5.82 Å². The molecule has 2 aromatic heterocycles. The molecule has 0 spiro atoms. The van der Waals surface area contributed by atoms with Crippen molar-refractivity contribution in [3.05, 3.63) is 90.1 Å². The van der Waals surface area contributed by atoms with Crippen molar-refractivity contribution in [2.75, 3.05) is 5.32 Å². The molecule has 24 heavy (non-hydrogen) atoms. The standard InChI is InChI=1S/C19H15FN4/c20-14-8-6-13(7-9-14)18(24-19-21-10-3-11-22-19)16-12-23-17-5-2-1-4-15(16)17/h1-12,18,23H,(H,21,22,24). The number of benzene rings is 2. The van der Waals surface area contributed by atoms with E-state index in [-0.39, 0.29) is 11.9 Å². The number of rotatable bonds is 4. The van der Waals surface area contributed by atoms with Gasteiger partial charge in [-0.05, 0) is 29.8 Å². The molecule has 4 aromatic rings. The van der Waals surface area contributed by atoms with Crippen LogP contribution in [0.5, 0.6) is 0 Å². The minimum Gasteiger partial charge on any atom is -0.361 e. The van der Waals surface area contributed by atoms with Crippen molar-refractivity contribution in [1.82, 2.24) is 15.0 Å². The molecule has 0 aliphatic heterocycles. The van der Waals surface area contributed by atoms with Gasteiger partial charge in [0, 0.05) is 35.1 Å². The molecule has 0 amide bonds. The van der Waals surface area contributed by atoms with Crippen molar-refractivity contribution in [2.24, 2.45) is 0 Å². The summed E-state index contributed by atoms with van der Waals surface area (Å²) in [6.45, 7) is 0. The van der Waals surface area contributed by atoms with E-state index in [9.17, 15) is 4.39 Å².